The molecule has 5 heteroatoms. The maximum absolute atomic E-state index is 6.00. The fourth-order valence-electron chi connectivity index (χ4n) is 1.17. The molecule has 0 amide bonds. The molecule has 4 nitrogen and oxygen atoms in total. The zero-order valence-electron chi connectivity index (χ0n) is 7.61. The van der Waals surface area contributed by atoms with Crippen LogP contribution in [-0.4, -0.2) is 15.0 Å². The molecule has 1 aromatic heterocycles. The summed E-state index contributed by atoms with van der Waals surface area (Å²) >= 11 is 6.00. The van der Waals surface area contributed by atoms with Gasteiger partial charge in [-0.05, 0) is 19.1 Å². The van der Waals surface area contributed by atoms with E-state index in [4.69, 9.17) is 17.3 Å². The molecule has 14 heavy (non-hydrogen) atoms. The molecule has 72 valence electrons. The Balaban J connectivity index is 2.60. The first-order chi connectivity index (χ1) is 6.70. The Hall–Kier alpha value is -1.55. The average molecular weight is 209 g/mol. The van der Waals surface area contributed by atoms with Gasteiger partial charge >= 0.3 is 0 Å². The number of para-hydroxylation sites is 1. The van der Waals surface area contributed by atoms with Gasteiger partial charge in [0, 0.05) is 0 Å². The predicted octanol–water partition coefficient (Wildman–Crippen LogP) is 1.81. The van der Waals surface area contributed by atoms with Crippen molar-refractivity contribution < 1.29 is 0 Å². The standard InChI is InChI=1S/C9H9ClN4/c1-6-9(11)14(13-12-6)8-5-3-2-4-7(8)10/h2-5H,11H2,1H3. The Morgan fingerprint density at radius 1 is 1.36 bits per heavy atom. The first-order valence-electron chi connectivity index (χ1n) is 4.13. The van der Waals surface area contributed by atoms with Crippen molar-refractivity contribution in [3.05, 3.63) is 35.0 Å². The van der Waals surface area contributed by atoms with Crippen LogP contribution in [0, 0.1) is 6.92 Å². The number of hydrogen-bond acceptors (Lipinski definition) is 3. The zero-order valence-corrected chi connectivity index (χ0v) is 8.36. The predicted molar refractivity (Wildman–Crippen MR) is 55.5 cm³/mol. The number of nitrogens with zero attached hydrogens (tertiary/aromatic N) is 3. The Kier molecular flexibility index (Phi) is 2.13. The van der Waals surface area contributed by atoms with Gasteiger partial charge < -0.3 is 5.73 Å². The monoisotopic (exact) mass is 208 g/mol. The second-order valence-corrected chi connectivity index (χ2v) is 3.33. The molecular weight excluding hydrogens is 200 g/mol. The molecule has 0 unspecified atom stereocenters. The lowest BCUT2D eigenvalue weighted by atomic mass is 10.3. The number of benzene rings is 1. The van der Waals surface area contributed by atoms with Gasteiger partial charge in [0.05, 0.1) is 10.7 Å². The Morgan fingerprint density at radius 2 is 2.07 bits per heavy atom. The second-order valence-electron chi connectivity index (χ2n) is 2.92. The minimum atomic E-state index is 0.512. The van der Waals surface area contributed by atoms with Gasteiger partial charge in [-0.3, -0.25) is 0 Å². The molecule has 2 rings (SSSR count). The largest absolute Gasteiger partial charge is 0.382 e. The van der Waals surface area contributed by atoms with Gasteiger partial charge in [0.2, 0.25) is 0 Å². The van der Waals surface area contributed by atoms with Gasteiger partial charge in [-0.2, -0.15) is 4.68 Å². The number of aromatic nitrogens is 3. The van der Waals surface area contributed by atoms with Crippen molar-refractivity contribution >= 4 is 17.4 Å². The van der Waals surface area contributed by atoms with Crippen molar-refractivity contribution in [3.8, 4) is 5.69 Å². The zero-order chi connectivity index (χ0) is 10.1. The molecule has 0 aliphatic heterocycles. The third-order valence-corrected chi connectivity index (χ3v) is 2.28. The number of hydrogen-bond donors (Lipinski definition) is 1. The van der Waals surface area contributed by atoms with E-state index in [0.29, 0.717) is 16.5 Å². The maximum atomic E-state index is 6.00. The van der Waals surface area contributed by atoms with Crippen molar-refractivity contribution in [1.82, 2.24) is 15.0 Å². The normalized spacial score (nSPS) is 10.4. The molecule has 0 radical (unpaired) electrons. The minimum Gasteiger partial charge on any atom is -0.382 e. The molecule has 0 fully saturated rings. The molecule has 2 N–H and O–H groups in total. The van der Waals surface area contributed by atoms with Crippen molar-refractivity contribution in [1.29, 1.82) is 0 Å². The summed E-state index contributed by atoms with van der Waals surface area (Å²) in [4.78, 5) is 0. The number of aryl methyl sites for hydroxylation is 1. The lowest BCUT2D eigenvalue weighted by Gasteiger charge is -2.04. The highest BCUT2D eigenvalue weighted by molar-refractivity contribution is 6.32. The number of halogens is 1. The van der Waals surface area contributed by atoms with Crippen LogP contribution in [0.5, 0.6) is 0 Å². The SMILES string of the molecule is Cc1nnn(-c2ccccc2Cl)c1N. The molecule has 0 saturated heterocycles. The van der Waals surface area contributed by atoms with Gasteiger partial charge in [-0.1, -0.05) is 28.9 Å². The highest BCUT2D eigenvalue weighted by Crippen LogP contribution is 2.21. The van der Waals surface area contributed by atoms with Gasteiger partial charge in [0.15, 0.2) is 5.82 Å². The van der Waals surface area contributed by atoms with Crippen LogP contribution in [0.3, 0.4) is 0 Å². The average Bonchev–Trinajstić information content (AvgIpc) is 2.49. The molecule has 0 saturated carbocycles. The summed E-state index contributed by atoms with van der Waals surface area (Å²) in [5.41, 5.74) is 7.22. The minimum absolute atomic E-state index is 0.512. The molecule has 1 heterocycles. The summed E-state index contributed by atoms with van der Waals surface area (Å²) in [6.45, 7) is 1.80. The molecule has 0 aliphatic rings. The first-order valence-corrected chi connectivity index (χ1v) is 4.50. The molecule has 0 atom stereocenters. The Labute approximate surface area is 86.3 Å². The van der Waals surface area contributed by atoms with E-state index in [1.54, 1.807) is 13.0 Å². The van der Waals surface area contributed by atoms with Crippen molar-refractivity contribution in [2.45, 2.75) is 6.92 Å². The molecule has 2 aromatic rings. The Bertz CT molecular complexity index is 464. The first kappa shape index (κ1) is 9.02. The smallest absolute Gasteiger partial charge is 0.150 e. The summed E-state index contributed by atoms with van der Waals surface area (Å²) in [7, 11) is 0. The van der Waals surface area contributed by atoms with E-state index in [-0.39, 0.29) is 0 Å². The lowest BCUT2D eigenvalue weighted by Crippen LogP contribution is -2.02. The summed E-state index contributed by atoms with van der Waals surface area (Å²) in [6, 6.07) is 7.35. The van der Waals surface area contributed by atoms with E-state index in [1.807, 2.05) is 18.2 Å². The molecule has 1 aromatic carbocycles. The quantitative estimate of drug-likeness (QED) is 0.778. The van der Waals surface area contributed by atoms with Crippen LogP contribution in [-0.2, 0) is 0 Å². The van der Waals surface area contributed by atoms with E-state index < -0.39 is 0 Å². The molecular formula is C9H9ClN4. The summed E-state index contributed by atoms with van der Waals surface area (Å²) in [5.74, 6) is 0.512. The summed E-state index contributed by atoms with van der Waals surface area (Å²) in [6.07, 6.45) is 0. The summed E-state index contributed by atoms with van der Waals surface area (Å²) < 4.78 is 1.53. The fraction of sp³-hybridized carbons (Fsp3) is 0.111. The summed E-state index contributed by atoms with van der Waals surface area (Å²) in [5, 5.41) is 8.37. The van der Waals surface area contributed by atoms with Crippen LogP contribution in [0.25, 0.3) is 5.69 Å². The lowest BCUT2D eigenvalue weighted by molar-refractivity contribution is 0.807. The number of anilines is 1. The van der Waals surface area contributed by atoms with Crippen molar-refractivity contribution in [2.75, 3.05) is 5.73 Å². The van der Waals surface area contributed by atoms with Gasteiger partial charge in [0.1, 0.15) is 5.69 Å². The van der Waals surface area contributed by atoms with E-state index in [9.17, 15) is 0 Å². The fourth-order valence-corrected chi connectivity index (χ4v) is 1.38. The second kappa shape index (κ2) is 3.31. The van der Waals surface area contributed by atoms with Gasteiger partial charge in [0.25, 0.3) is 0 Å². The van der Waals surface area contributed by atoms with Crippen LogP contribution in [0.4, 0.5) is 5.82 Å². The third-order valence-electron chi connectivity index (χ3n) is 1.96. The van der Waals surface area contributed by atoms with Crippen LogP contribution in [0.2, 0.25) is 5.02 Å². The molecule has 0 spiro atoms. The van der Waals surface area contributed by atoms with Crippen LogP contribution in [0.15, 0.2) is 24.3 Å². The Morgan fingerprint density at radius 3 is 2.64 bits per heavy atom. The van der Waals surface area contributed by atoms with Crippen molar-refractivity contribution in [2.24, 2.45) is 0 Å². The van der Waals surface area contributed by atoms with E-state index in [2.05, 4.69) is 10.3 Å². The van der Waals surface area contributed by atoms with Crippen molar-refractivity contribution in [3.63, 3.8) is 0 Å². The number of nitrogen functional groups attached to an aromatic ring is 1. The van der Waals surface area contributed by atoms with Crippen LogP contribution >= 0.6 is 11.6 Å². The van der Waals surface area contributed by atoms with E-state index >= 15 is 0 Å². The number of rotatable bonds is 1. The van der Waals surface area contributed by atoms with Gasteiger partial charge in [-0.15, -0.1) is 5.10 Å². The van der Waals surface area contributed by atoms with E-state index in [0.717, 1.165) is 5.69 Å². The number of nitrogens with two attached hydrogens (primary N) is 1. The van der Waals surface area contributed by atoms with Gasteiger partial charge in [-0.25, -0.2) is 0 Å². The van der Waals surface area contributed by atoms with E-state index in [1.165, 1.54) is 4.68 Å². The maximum Gasteiger partial charge on any atom is 0.150 e. The molecule has 0 aliphatic carbocycles. The highest BCUT2D eigenvalue weighted by Gasteiger charge is 2.09. The highest BCUT2D eigenvalue weighted by atomic mass is 35.5. The topological polar surface area (TPSA) is 56.7 Å². The molecule has 0 bridgehead atoms. The third kappa shape index (κ3) is 1.33. The van der Waals surface area contributed by atoms with Crippen LogP contribution in [0.1, 0.15) is 5.69 Å². The van der Waals surface area contributed by atoms with Crippen LogP contribution < -0.4 is 5.73 Å².